The standard InChI is InChI=1S/C28H31BrFN3O4S/c1-20(27(35)31-28(2,3)4)32(18-21-10-14-23(30)15-11-21)26(34)19-33(24-16-12-22(29)13-17-24)38(36,37)25-8-6-5-7-9-25/h5-17,20H,18-19H2,1-4H3,(H,31,35)/t20-/m0/s1. The lowest BCUT2D eigenvalue weighted by atomic mass is 10.1. The predicted molar refractivity (Wildman–Crippen MR) is 149 cm³/mol. The van der Waals surface area contributed by atoms with Gasteiger partial charge in [0.15, 0.2) is 0 Å². The third-order valence-electron chi connectivity index (χ3n) is 5.66. The molecule has 0 aromatic heterocycles. The van der Waals surface area contributed by atoms with Crippen LogP contribution in [-0.4, -0.2) is 43.3 Å². The molecule has 3 aromatic carbocycles. The highest BCUT2D eigenvalue weighted by atomic mass is 79.9. The number of carbonyl (C=O) groups excluding carboxylic acids is 2. The van der Waals surface area contributed by atoms with E-state index in [0.29, 0.717) is 11.3 Å². The number of benzene rings is 3. The first-order chi connectivity index (χ1) is 17.8. The van der Waals surface area contributed by atoms with Crippen LogP contribution in [0.4, 0.5) is 10.1 Å². The van der Waals surface area contributed by atoms with Gasteiger partial charge in [0, 0.05) is 16.6 Å². The minimum atomic E-state index is -4.13. The molecule has 1 atom stereocenters. The maximum Gasteiger partial charge on any atom is 0.264 e. The molecular formula is C28H31BrFN3O4S. The van der Waals surface area contributed by atoms with Crippen molar-refractivity contribution in [2.75, 3.05) is 10.8 Å². The highest BCUT2D eigenvalue weighted by Crippen LogP contribution is 2.26. The van der Waals surface area contributed by atoms with Gasteiger partial charge in [-0.1, -0.05) is 46.3 Å². The second-order valence-corrected chi connectivity index (χ2v) is 12.6. The van der Waals surface area contributed by atoms with Gasteiger partial charge >= 0.3 is 0 Å². The summed E-state index contributed by atoms with van der Waals surface area (Å²) in [5.41, 5.74) is 0.339. The number of amides is 2. The van der Waals surface area contributed by atoms with E-state index in [-0.39, 0.29) is 11.4 Å². The lowest BCUT2D eigenvalue weighted by Gasteiger charge is -2.33. The SMILES string of the molecule is C[C@@H](C(=O)NC(C)(C)C)N(Cc1ccc(F)cc1)C(=O)CN(c1ccc(Br)cc1)S(=O)(=O)c1ccccc1. The van der Waals surface area contributed by atoms with E-state index in [1.54, 1.807) is 49.4 Å². The number of hydrogen-bond acceptors (Lipinski definition) is 4. The molecule has 0 heterocycles. The van der Waals surface area contributed by atoms with Crippen molar-refractivity contribution >= 4 is 43.5 Å². The Labute approximate surface area is 231 Å². The highest BCUT2D eigenvalue weighted by Gasteiger charge is 2.33. The fourth-order valence-corrected chi connectivity index (χ4v) is 5.40. The van der Waals surface area contributed by atoms with E-state index in [9.17, 15) is 22.4 Å². The zero-order chi connectivity index (χ0) is 28.1. The molecule has 0 spiro atoms. The number of nitrogens with zero attached hydrogens (tertiary/aromatic N) is 2. The van der Waals surface area contributed by atoms with E-state index in [2.05, 4.69) is 21.2 Å². The third-order valence-corrected chi connectivity index (χ3v) is 7.97. The molecule has 0 aliphatic rings. The summed E-state index contributed by atoms with van der Waals surface area (Å²) in [5.74, 6) is -1.41. The molecular weight excluding hydrogens is 573 g/mol. The van der Waals surface area contributed by atoms with E-state index >= 15 is 0 Å². The van der Waals surface area contributed by atoms with Gasteiger partial charge in [0.25, 0.3) is 10.0 Å². The summed E-state index contributed by atoms with van der Waals surface area (Å²) in [6, 6.07) is 19.0. The van der Waals surface area contributed by atoms with Crippen molar-refractivity contribution < 1.29 is 22.4 Å². The van der Waals surface area contributed by atoms with Crippen LogP contribution in [0.5, 0.6) is 0 Å². The van der Waals surface area contributed by atoms with Gasteiger partial charge in [0.2, 0.25) is 11.8 Å². The first-order valence-electron chi connectivity index (χ1n) is 12.0. The molecule has 202 valence electrons. The number of sulfonamides is 1. The maximum absolute atomic E-state index is 13.8. The van der Waals surface area contributed by atoms with Crippen molar-refractivity contribution in [3.05, 3.63) is 94.7 Å². The average Bonchev–Trinajstić information content (AvgIpc) is 2.86. The topological polar surface area (TPSA) is 86.8 Å². The van der Waals surface area contributed by atoms with Crippen LogP contribution in [0, 0.1) is 5.82 Å². The van der Waals surface area contributed by atoms with Crippen LogP contribution < -0.4 is 9.62 Å². The molecule has 0 fully saturated rings. The van der Waals surface area contributed by atoms with E-state index < -0.39 is 45.8 Å². The van der Waals surface area contributed by atoms with Gasteiger partial charge in [-0.2, -0.15) is 0 Å². The molecule has 0 bridgehead atoms. The second kappa shape index (κ2) is 12.1. The van der Waals surface area contributed by atoms with Crippen LogP contribution in [0.3, 0.4) is 0 Å². The Morgan fingerprint density at radius 2 is 1.53 bits per heavy atom. The van der Waals surface area contributed by atoms with Crippen LogP contribution in [0.15, 0.2) is 88.2 Å². The fourth-order valence-electron chi connectivity index (χ4n) is 3.70. The van der Waals surface area contributed by atoms with E-state index in [0.717, 1.165) is 8.78 Å². The van der Waals surface area contributed by atoms with Gasteiger partial charge in [-0.3, -0.25) is 13.9 Å². The largest absolute Gasteiger partial charge is 0.350 e. The molecule has 1 N–H and O–H groups in total. The van der Waals surface area contributed by atoms with Crippen LogP contribution in [0.25, 0.3) is 0 Å². The van der Waals surface area contributed by atoms with Crippen molar-refractivity contribution in [1.29, 1.82) is 0 Å². The third kappa shape index (κ3) is 7.64. The Balaban J connectivity index is 2.01. The Hall–Kier alpha value is -3.24. The minimum Gasteiger partial charge on any atom is -0.350 e. The number of anilines is 1. The van der Waals surface area contributed by atoms with Gasteiger partial charge < -0.3 is 10.2 Å². The molecule has 0 saturated carbocycles. The first kappa shape index (κ1) is 29.3. The number of halogens is 2. The summed E-state index contributed by atoms with van der Waals surface area (Å²) in [5, 5.41) is 2.87. The van der Waals surface area contributed by atoms with Gasteiger partial charge in [-0.05, 0) is 81.8 Å². The number of nitrogens with one attached hydrogen (secondary N) is 1. The fraction of sp³-hybridized carbons (Fsp3) is 0.286. The minimum absolute atomic E-state index is 0.0165. The van der Waals surface area contributed by atoms with E-state index in [1.165, 1.54) is 41.3 Å². The summed E-state index contributed by atoms with van der Waals surface area (Å²) in [6.45, 7) is 6.49. The molecule has 3 aromatic rings. The molecule has 38 heavy (non-hydrogen) atoms. The van der Waals surface area contributed by atoms with Crippen molar-refractivity contribution in [3.63, 3.8) is 0 Å². The molecule has 7 nitrogen and oxygen atoms in total. The van der Waals surface area contributed by atoms with Gasteiger partial charge in [0.05, 0.1) is 10.6 Å². The van der Waals surface area contributed by atoms with Crippen molar-refractivity contribution in [1.82, 2.24) is 10.2 Å². The monoisotopic (exact) mass is 603 g/mol. The van der Waals surface area contributed by atoms with E-state index in [4.69, 9.17) is 0 Å². The molecule has 10 heteroatoms. The molecule has 0 saturated heterocycles. The van der Waals surface area contributed by atoms with Crippen LogP contribution in [0.2, 0.25) is 0 Å². The Morgan fingerprint density at radius 1 is 0.947 bits per heavy atom. The van der Waals surface area contributed by atoms with Crippen LogP contribution in [0.1, 0.15) is 33.3 Å². The molecule has 0 radical (unpaired) electrons. The van der Waals surface area contributed by atoms with Gasteiger partial charge in [0.1, 0.15) is 18.4 Å². The Kier molecular flexibility index (Phi) is 9.32. The maximum atomic E-state index is 13.8. The van der Waals surface area contributed by atoms with Crippen molar-refractivity contribution in [3.8, 4) is 0 Å². The number of carbonyl (C=O) groups is 2. The van der Waals surface area contributed by atoms with Crippen LogP contribution >= 0.6 is 15.9 Å². The molecule has 0 aliphatic heterocycles. The van der Waals surface area contributed by atoms with Crippen molar-refractivity contribution in [2.24, 2.45) is 0 Å². The van der Waals surface area contributed by atoms with Crippen LogP contribution in [-0.2, 0) is 26.2 Å². The van der Waals surface area contributed by atoms with Crippen molar-refractivity contribution in [2.45, 2.75) is 50.7 Å². The molecule has 3 rings (SSSR count). The van der Waals surface area contributed by atoms with Gasteiger partial charge in [-0.15, -0.1) is 0 Å². The lowest BCUT2D eigenvalue weighted by molar-refractivity contribution is -0.140. The smallest absolute Gasteiger partial charge is 0.264 e. The predicted octanol–water partition coefficient (Wildman–Crippen LogP) is 5.12. The zero-order valence-electron chi connectivity index (χ0n) is 21.7. The summed E-state index contributed by atoms with van der Waals surface area (Å²) >= 11 is 3.35. The summed E-state index contributed by atoms with van der Waals surface area (Å²) in [4.78, 5) is 28.2. The quantitative estimate of drug-likeness (QED) is 0.368. The summed E-state index contributed by atoms with van der Waals surface area (Å²) in [6.07, 6.45) is 0. The molecule has 0 aliphatic carbocycles. The second-order valence-electron chi connectivity index (χ2n) is 9.86. The van der Waals surface area contributed by atoms with E-state index in [1.807, 2.05) is 20.8 Å². The van der Waals surface area contributed by atoms with Gasteiger partial charge in [-0.25, -0.2) is 12.8 Å². The number of hydrogen-bond donors (Lipinski definition) is 1. The Morgan fingerprint density at radius 3 is 2.08 bits per heavy atom. The summed E-state index contributed by atoms with van der Waals surface area (Å²) in [7, 11) is -4.13. The summed E-state index contributed by atoms with van der Waals surface area (Å²) < 4.78 is 42.7. The Bertz CT molecular complexity index is 1360. The zero-order valence-corrected chi connectivity index (χ0v) is 24.1. The molecule has 0 unspecified atom stereocenters. The average molecular weight is 605 g/mol. The highest BCUT2D eigenvalue weighted by molar-refractivity contribution is 9.10. The first-order valence-corrected chi connectivity index (χ1v) is 14.2. The normalized spacial score (nSPS) is 12.5. The molecule has 2 amide bonds. The lowest BCUT2D eigenvalue weighted by Crippen LogP contribution is -2.54. The number of rotatable bonds is 9.